The van der Waals surface area contributed by atoms with Crippen LogP contribution in [0.3, 0.4) is 0 Å². The van der Waals surface area contributed by atoms with Crippen molar-refractivity contribution in [1.82, 2.24) is 5.32 Å². The molecule has 0 saturated heterocycles. The van der Waals surface area contributed by atoms with Gasteiger partial charge in [-0.3, -0.25) is 9.59 Å². The zero-order valence-corrected chi connectivity index (χ0v) is 12.9. The SMILES string of the molecule is O=C(O)C1CCCC(C(=O)NCC2COc3ccccc3O2)C1. The summed E-state index contributed by atoms with van der Waals surface area (Å²) in [6, 6.07) is 7.43. The molecule has 0 radical (unpaired) electrons. The molecule has 3 unspecified atom stereocenters. The van der Waals surface area contributed by atoms with Gasteiger partial charge in [-0.2, -0.15) is 0 Å². The van der Waals surface area contributed by atoms with Gasteiger partial charge in [0.25, 0.3) is 0 Å². The Bertz CT molecular complexity index is 588. The van der Waals surface area contributed by atoms with Gasteiger partial charge in [-0.05, 0) is 31.4 Å². The number of carbonyl (C=O) groups excluding carboxylic acids is 1. The van der Waals surface area contributed by atoms with Gasteiger partial charge in [-0.15, -0.1) is 0 Å². The van der Waals surface area contributed by atoms with Crippen LogP contribution in [0.4, 0.5) is 0 Å². The van der Waals surface area contributed by atoms with Crippen LogP contribution in [0.25, 0.3) is 0 Å². The third-order valence-corrected chi connectivity index (χ3v) is 4.47. The van der Waals surface area contributed by atoms with E-state index < -0.39 is 11.9 Å². The Labute approximate surface area is 134 Å². The molecule has 3 atom stereocenters. The summed E-state index contributed by atoms with van der Waals surface area (Å²) in [6.45, 7) is 0.751. The van der Waals surface area contributed by atoms with Gasteiger partial charge in [0.15, 0.2) is 11.5 Å². The van der Waals surface area contributed by atoms with Crippen LogP contribution in [0.15, 0.2) is 24.3 Å². The second-order valence-electron chi connectivity index (χ2n) is 6.14. The second-order valence-corrected chi connectivity index (χ2v) is 6.14. The lowest BCUT2D eigenvalue weighted by Gasteiger charge is -2.29. The number of rotatable bonds is 4. The van der Waals surface area contributed by atoms with Gasteiger partial charge in [-0.25, -0.2) is 0 Å². The van der Waals surface area contributed by atoms with Gasteiger partial charge >= 0.3 is 5.97 Å². The summed E-state index contributed by atoms with van der Waals surface area (Å²) in [4.78, 5) is 23.3. The van der Waals surface area contributed by atoms with E-state index in [1.54, 1.807) is 0 Å². The number of ether oxygens (including phenoxy) is 2. The summed E-state index contributed by atoms with van der Waals surface area (Å²) in [6.07, 6.45) is 2.39. The molecule has 1 heterocycles. The first-order valence-electron chi connectivity index (χ1n) is 8.02. The number of amides is 1. The number of fused-ring (bicyclic) bond motifs is 1. The molecule has 3 rings (SSSR count). The number of hydrogen-bond donors (Lipinski definition) is 2. The van der Waals surface area contributed by atoms with E-state index in [1.807, 2.05) is 24.3 Å². The molecule has 0 spiro atoms. The van der Waals surface area contributed by atoms with Crippen LogP contribution in [0.1, 0.15) is 25.7 Å². The number of nitrogens with one attached hydrogen (secondary N) is 1. The highest BCUT2D eigenvalue weighted by Crippen LogP contribution is 2.31. The van der Waals surface area contributed by atoms with Crippen molar-refractivity contribution in [3.63, 3.8) is 0 Å². The van der Waals surface area contributed by atoms with Crippen molar-refractivity contribution in [3.05, 3.63) is 24.3 Å². The molecule has 1 saturated carbocycles. The Morgan fingerprint density at radius 2 is 1.91 bits per heavy atom. The third kappa shape index (κ3) is 3.75. The topological polar surface area (TPSA) is 84.9 Å². The lowest BCUT2D eigenvalue weighted by atomic mass is 9.81. The Balaban J connectivity index is 1.49. The van der Waals surface area contributed by atoms with E-state index in [2.05, 4.69) is 5.32 Å². The largest absolute Gasteiger partial charge is 0.486 e. The minimum absolute atomic E-state index is 0.0848. The predicted octanol–water partition coefficient (Wildman–Crippen LogP) is 1.83. The monoisotopic (exact) mass is 319 g/mol. The van der Waals surface area contributed by atoms with E-state index in [1.165, 1.54) is 0 Å². The van der Waals surface area contributed by atoms with Gasteiger partial charge < -0.3 is 19.9 Å². The lowest BCUT2D eigenvalue weighted by molar-refractivity contribution is -0.144. The summed E-state index contributed by atoms with van der Waals surface area (Å²) in [7, 11) is 0. The minimum Gasteiger partial charge on any atom is -0.486 e. The van der Waals surface area contributed by atoms with Gasteiger partial charge in [0.2, 0.25) is 5.91 Å². The summed E-state index contributed by atoms with van der Waals surface area (Å²) in [5, 5.41) is 12.0. The fourth-order valence-corrected chi connectivity index (χ4v) is 3.17. The summed E-state index contributed by atoms with van der Waals surface area (Å²) in [5.74, 6) is -0.114. The quantitative estimate of drug-likeness (QED) is 0.884. The highest BCUT2D eigenvalue weighted by molar-refractivity contribution is 5.80. The zero-order chi connectivity index (χ0) is 16.2. The van der Waals surface area contributed by atoms with E-state index in [4.69, 9.17) is 14.6 Å². The number of carboxylic acids is 1. The van der Waals surface area contributed by atoms with E-state index in [0.29, 0.717) is 37.5 Å². The molecule has 1 fully saturated rings. The Hall–Kier alpha value is -2.24. The molecular formula is C17H21NO5. The first-order chi connectivity index (χ1) is 11.1. The van der Waals surface area contributed by atoms with Crippen molar-refractivity contribution in [2.75, 3.05) is 13.2 Å². The van der Waals surface area contributed by atoms with E-state index in [9.17, 15) is 9.59 Å². The molecule has 1 aromatic carbocycles. The van der Waals surface area contributed by atoms with Crippen molar-refractivity contribution in [3.8, 4) is 11.5 Å². The number of benzene rings is 1. The molecule has 1 amide bonds. The van der Waals surface area contributed by atoms with Crippen LogP contribution in [0.5, 0.6) is 11.5 Å². The van der Waals surface area contributed by atoms with Crippen LogP contribution in [0.2, 0.25) is 0 Å². The average molecular weight is 319 g/mol. The third-order valence-electron chi connectivity index (χ3n) is 4.47. The van der Waals surface area contributed by atoms with Crippen molar-refractivity contribution in [2.45, 2.75) is 31.8 Å². The number of aliphatic carboxylic acids is 1. The fraction of sp³-hybridized carbons (Fsp3) is 0.529. The molecule has 23 heavy (non-hydrogen) atoms. The summed E-state index contributed by atoms with van der Waals surface area (Å²) < 4.78 is 11.4. The van der Waals surface area contributed by atoms with Gasteiger partial charge in [0.1, 0.15) is 12.7 Å². The standard InChI is InChI=1S/C17H21NO5/c19-16(11-4-3-5-12(8-11)17(20)21)18-9-13-10-22-14-6-1-2-7-15(14)23-13/h1-2,6-7,11-13H,3-5,8-10H2,(H,18,19)(H,20,21). The Morgan fingerprint density at radius 1 is 1.17 bits per heavy atom. The first-order valence-corrected chi connectivity index (χ1v) is 8.02. The second kappa shape index (κ2) is 6.89. The maximum atomic E-state index is 12.3. The van der Waals surface area contributed by atoms with Crippen molar-refractivity contribution < 1.29 is 24.2 Å². The van der Waals surface area contributed by atoms with Gasteiger partial charge in [0.05, 0.1) is 12.5 Å². The van der Waals surface area contributed by atoms with E-state index in [-0.39, 0.29) is 17.9 Å². The molecule has 0 aromatic heterocycles. The van der Waals surface area contributed by atoms with Crippen LogP contribution in [0, 0.1) is 11.8 Å². The smallest absolute Gasteiger partial charge is 0.306 e. The number of hydrogen-bond acceptors (Lipinski definition) is 4. The Kier molecular flexibility index (Phi) is 4.69. The highest BCUT2D eigenvalue weighted by Gasteiger charge is 2.31. The molecule has 0 bridgehead atoms. The molecule has 1 aliphatic heterocycles. The van der Waals surface area contributed by atoms with Gasteiger partial charge in [-0.1, -0.05) is 18.6 Å². The summed E-state index contributed by atoms with van der Waals surface area (Å²) >= 11 is 0. The first kappa shape index (κ1) is 15.6. The molecule has 2 aliphatic rings. The molecule has 1 aromatic rings. The molecule has 2 N–H and O–H groups in total. The zero-order valence-electron chi connectivity index (χ0n) is 12.9. The van der Waals surface area contributed by atoms with Crippen molar-refractivity contribution >= 4 is 11.9 Å². The number of para-hydroxylation sites is 2. The van der Waals surface area contributed by atoms with E-state index in [0.717, 1.165) is 12.8 Å². The highest BCUT2D eigenvalue weighted by atomic mass is 16.6. The normalized spacial score (nSPS) is 26.3. The van der Waals surface area contributed by atoms with Crippen LogP contribution >= 0.6 is 0 Å². The minimum atomic E-state index is -0.803. The van der Waals surface area contributed by atoms with Crippen molar-refractivity contribution in [2.24, 2.45) is 11.8 Å². The number of carboxylic acid groups (broad SMARTS) is 1. The van der Waals surface area contributed by atoms with Crippen LogP contribution in [-0.2, 0) is 9.59 Å². The molecular weight excluding hydrogens is 298 g/mol. The Morgan fingerprint density at radius 3 is 2.70 bits per heavy atom. The van der Waals surface area contributed by atoms with Crippen molar-refractivity contribution in [1.29, 1.82) is 0 Å². The van der Waals surface area contributed by atoms with E-state index >= 15 is 0 Å². The maximum absolute atomic E-state index is 12.3. The summed E-state index contributed by atoms with van der Waals surface area (Å²) in [5.41, 5.74) is 0. The molecule has 6 nitrogen and oxygen atoms in total. The maximum Gasteiger partial charge on any atom is 0.306 e. The van der Waals surface area contributed by atoms with Gasteiger partial charge in [0, 0.05) is 5.92 Å². The molecule has 1 aliphatic carbocycles. The fourth-order valence-electron chi connectivity index (χ4n) is 3.17. The molecule has 6 heteroatoms. The lowest BCUT2D eigenvalue weighted by Crippen LogP contribution is -2.43. The van der Waals surface area contributed by atoms with Crippen LogP contribution < -0.4 is 14.8 Å². The van der Waals surface area contributed by atoms with Crippen LogP contribution in [-0.4, -0.2) is 36.2 Å². The average Bonchev–Trinajstić information content (AvgIpc) is 2.59. The predicted molar refractivity (Wildman–Crippen MR) is 82.4 cm³/mol. The molecule has 124 valence electrons. The number of carbonyl (C=O) groups is 2.